The Morgan fingerprint density at radius 2 is 1.95 bits per heavy atom. The van der Waals surface area contributed by atoms with Gasteiger partial charge in [-0.15, -0.1) is 5.10 Å². The van der Waals surface area contributed by atoms with Crippen molar-refractivity contribution in [2.45, 2.75) is 20.1 Å². The van der Waals surface area contributed by atoms with Crippen molar-refractivity contribution in [3.63, 3.8) is 0 Å². The van der Waals surface area contributed by atoms with E-state index < -0.39 is 0 Å². The van der Waals surface area contributed by atoms with Gasteiger partial charge in [-0.2, -0.15) is 0 Å². The van der Waals surface area contributed by atoms with Crippen LogP contribution in [0.5, 0.6) is 0 Å². The second-order valence-electron chi connectivity index (χ2n) is 5.20. The summed E-state index contributed by atoms with van der Waals surface area (Å²) in [7, 11) is 0. The maximum atomic E-state index is 9.54. The molecule has 0 aliphatic heterocycles. The fourth-order valence-corrected chi connectivity index (χ4v) is 2.70. The van der Waals surface area contributed by atoms with Crippen molar-refractivity contribution in [3.8, 4) is 11.3 Å². The van der Waals surface area contributed by atoms with Crippen molar-refractivity contribution in [2.75, 3.05) is 0 Å². The molecule has 4 nitrogen and oxygen atoms in total. The average molecular weight is 314 g/mol. The number of benzene rings is 2. The van der Waals surface area contributed by atoms with Crippen molar-refractivity contribution in [1.29, 1.82) is 0 Å². The van der Waals surface area contributed by atoms with Gasteiger partial charge in [0, 0.05) is 10.6 Å². The van der Waals surface area contributed by atoms with E-state index in [1.165, 1.54) is 0 Å². The van der Waals surface area contributed by atoms with Crippen LogP contribution in [0.2, 0.25) is 5.02 Å². The molecule has 0 aliphatic carbocycles. The highest BCUT2D eigenvalue weighted by molar-refractivity contribution is 6.30. The topological polar surface area (TPSA) is 50.9 Å². The molecule has 1 N–H and O–H groups in total. The minimum Gasteiger partial charge on any atom is -0.390 e. The lowest BCUT2D eigenvalue weighted by atomic mass is 10.1. The van der Waals surface area contributed by atoms with Gasteiger partial charge in [0.1, 0.15) is 5.69 Å². The maximum Gasteiger partial charge on any atom is 0.116 e. The summed E-state index contributed by atoms with van der Waals surface area (Å²) < 4.78 is 1.80. The van der Waals surface area contributed by atoms with Gasteiger partial charge in [0.15, 0.2) is 0 Å². The summed E-state index contributed by atoms with van der Waals surface area (Å²) in [4.78, 5) is 0. The first-order valence-corrected chi connectivity index (χ1v) is 7.40. The van der Waals surface area contributed by atoms with Crippen molar-refractivity contribution < 1.29 is 5.11 Å². The first-order valence-electron chi connectivity index (χ1n) is 7.02. The second-order valence-corrected chi connectivity index (χ2v) is 5.64. The quantitative estimate of drug-likeness (QED) is 0.802. The Morgan fingerprint density at radius 1 is 1.14 bits per heavy atom. The highest BCUT2D eigenvalue weighted by Gasteiger charge is 2.14. The van der Waals surface area contributed by atoms with E-state index in [1.54, 1.807) is 4.68 Å². The van der Waals surface area contributed by atoms with E-state index in [0.717, 1.165) is 22.4 Å². The monoisotopic (exact) mass is 313 g/mol. The molecular weight excluding hydrogens is 298 g/mol. The summed E-state index contributed by atoms with van der Waals surface area (Å²) in [6, 6.07) is 15.7. The van der Waals surface area contributed by atoms with Crippen LogP contribution in [0, 0.1) is 6.92 Å². The molecule has 0 spiro atoms. The van der Waals surface area contributed by atoms with Gasteiger partial charge in [0.2, 0.25) is 0 Å². The molecule has 0 radical (unpaired) electrons. The molecule has 2 aromatic carbocycles. The van der Waals surface area contributed by atoms with Crippen LogP contribution in [0.4, 0.5) is 0 Å². The number of rotatable bonds is 4. The lowest BCUT2D eigenvalue weighted by Crippen LogP contribution is -2.04. The summed E-state index contributed by atoms with van der Waals surface area (Å²) in [5.41, 5.74) is 4.60. The largest absolute Gasteiger partial charge is 0.390 e. The SMILES string of the molecule is Cc1cccc(-c2c(CO)nnn2Cc2cccc(Cl)c2)c1. The van der Waals surface area contributed by atoms with Gasteiger partial charge in [-0.1, -0.05) is 52.7 Å². The number of aliphatic hydroxyl groups is 1. The Morgan fingerprint density at radius 3 is 2.68 bits per heavy atom. The van der Waals surface area contributed by atoms with Crippen LogP contribution < -0.4 is 0 Å². The first-order chi connectivity index (χ1) is 10.7. The Bertz CT molecular complexity index is 798. The molecule has 0 aliphatic rings. The number of nitrogens with zero attached hydrogens (tertiary/aromatic N) is 3. The Kier molecular flexibility index (Phi) is 4.22. The molecule has 22 heavy (non-hydrogen) atoms. The minimum absolute atomic E-state index is 0.140. The summed E-state index contributed by atoms with van der Waals surface area (Å²) in [6.07, 6.45) is 0. The van der Waals surface area contributed by atoms with E-state index in [9.17, 15) is 5.11 Å². The molecule has 0 fully saturated rings. The number of aromatic nitrogens is 3. The highest BCUT2D eigenvalue weighted by atomic mass is 35.5. The zero-order chi connectivity index (χ0) is 15.5. The molecule has 1 aromatic heterocycles. The third-order valence-electron chi connectivity index (χ3n) is 3.47. The lowest BCUT2D eigenvalue weighted by Gasteiger charge is -2.09. The van der Waals surface area contributed by atoms with Crippen LogP contribution in [-0.2, 0) is 13.2 Å². The van der Waals surface area contributed by atoms with Crippen LogP contribution in [0.1, 0.15) is 16.8 Å². The van der Waals surface area contributed by atoms with Gasteiger partial charge in [-0.3, -0.25) is 0 Å². The Balaban J connectivity index is 2.04. The average Bonchev–Trinajstić information content (AvgIpc) is 2.90. The summed E-state index contributed by atoms with van der Waals surface area (Å²) >= 11 is 6.04. The number of hydrogen-bond donors (Lipinski definition) is 1. The van der Waals surface area contributed by atoms with Gasteiger partial charge < -0.3 is 5.11 Å². The third kappa shape index (κ3) is 3.03. The van der Waals surface area contributed by atoms with E-state index in [1.807, 2.05) is 49.4 Å². The van der Waals surface area contributed by atoms with Gasteiger partial charge in [-0.25, -0.2) is 4.68 Å². The molecular formula is C17H16ClN3O. The van der Waals surface area contributed by atoms with Gasteiger partial charge in [0.05, 0.1) is 18.8 Å². The van der Waals surface area contributed by atoms with Crippen molar-refractivity contribution >= 4 is 11.6 Å². The van der Waals surface area contributed by atoms with E-state index in [4.69, 9.17) is 11.6 Å². The fourth-order valence-electron chi connectivity index (χ4n) is 2.48. The molecule has 112 valence electrons. The zero-order valence-electron chi connectivity index (χ0n) is 12.2. The fraction of sp³-hybridized carbons (Fsp3) is 0.176. The number of hydrogen-bond acceptors (Lipinski definition) is 3. The minimum atomic E-state index is -0.140. The third-order valence-corrected chi connectivity index (χ3v) is 3.70. The smallest absolute Gasteiger partial charge is 0.116 e. The van der Waals surface area contributed by atoms with Crippen molar-refractivity contribution in [1.82, 2.24) is 15.0 Å². The van der Waals surface area contributed by atoms with Crippen LogP contribution in [0.3, 0.4) is 0 Å². The molecule has 0 unspecified atom stereocenters. The molecule has 3 aromatic rings. The lowest BCUT2D eigenvalue weighted by molar-refractivity contribution is 0.277. The van der Waals surface area contributed by atoms with Crippen molar-refractivity contribution in [3.05, 3.63) is 70.4 Å². The zero-order valence-corrected chi connectivity index (χ0v) is 13.0. The van der Waals surface area contributed by atoms with Gasteiger partial charge in [-0.05, 0) is 30.7 Å². The van der Waals surface area contributed by atoms with Crippen molar-refractivity contribution in [2.24, 2.45) is 0 Å². The maximum absolute atomic E-state index is 9.54. The molecule has 0 bridgehead atoms. The first kappa shape index (κ1) is 14.8. The summed E-state index contributed by atoms with van der Waals surface area (Å²) in [5.74, 6) is 0. The predicted molar refractivity (Wildman–Crippen MR) is 86.7 cm³/mol. The normalized spacial score (nSPS) is 10.9. The standard InChI is InChI=1S/C17H16ClN3O/c1-12-4-2-6-14(8-12)17-16(11-22)19-20-21(17)10-13-5-3-7-15(18)9-13/h2-9,22H,10-11H2,1H3. The van der Waals surface area contributed by atoms with Crippen LogP contribution in [0.15, 0.2) is 48.5 Å². The Hall–Kier alpha value is -2.17. The van der Waals surface area contributed by atoms with Gasteiger partial charge in [0.25, 0.3) is 0 Å². The van der Waals surface area contributed by atoms with Crippen LogP contribution in [-0.4, -0.2) is 20.1 Å². The highest BCUT2D eigenvalue weighted by Crippen LogP contribution is 2.24. The van der Waals surface area contributed by atoms with E-state index in [2.05, 4.69) is 16.4 Å². The molecule has 0 saturated heterocycles. The molecule has 0 amide bonds. The van der Waals surface area contributed by atoms with E-state index in [-0.39, 0.29) is 6.61 Å². The molecule has 1 heterocycles. The Labute approximate surface area is 134 Å². The second kappa shape index (κ2) is 6.30. The van der Waals surface area contributed by atoms with E-state index in [0.29, 0.717) is 17.3 Å². The number of halogens is 1. The number of aliphatic hydroxyl groups excluding tert-OH is 1. The summed E-state index contributed by atoms with van der Waals surface area (Å²) in [5, 5.41) is 18.5. The number of aryl methyl sites for hydroxylation is 1. The van der Waals surface area contributed by atoms with Crippen LogP contribution in [0.25, 0.3) is 11.3 Å². The molecule has 0 saturated carbocycles. The molecule has 5 heteroatoms. The molecule has 3 rings (SSSR count). The predicted octanol–water partition coefficient (Wildman–Crippen LogP) is 3.45. The van der Waals surface area contributed by atoms with E-state index >= 15 is 0 Å². The van der Waals surface area contributed by atoms with Crippen LogP contribution >= 0.6 is 11.6 Å². The van der Waals surface area contributed by atoms with Gasteiger partial charge >= 0.3 is 0 Å². The summed E-state index contributed by atoms with van der Waals surface area (Å²) in [6.45, 7) is 2.45. The molecule has 0 atom stereocenters.